The van der Waals surface area contributed by atoms with Crippen molar-refractivity contribution in [2.24, 2.45) is 4.99 Å². The largest absolute Gasteiger partial charge is 0.324 e. The molecule has 0 spiro atoms. The molecule has 4 nitrogen and oxygen atoms in total. The number of aliphatic imine (C=N–C) groups is 1. The highest BCUT2D eigenvalue weighted by atomic mass is 16.1. The monoisotopic (exact) mass is 337 g/mol. The van der Waals surface area contributed by atoms with Gasteiger partial charge in [0, 0.05) is 0 Å². The van der Waals surface area contributed by atoms with Crippen LogP contribution in [0.15, 0.2) is 77.8 Å². The Labute approximate surface area is 151 Å². The Morgan fingerprint density at radius 3 is 2.50 bits per heavy atom. The molecule has 0 atom stereocenters. The second kappa shape index (κ2) is 6.66. The molecule has 1 aliphatic heterocycles. The summed E-state index contributed by atoms with van der Waals surface area (Å²) in [6.45, 7) is 0. The molecule has 0 saturated heterocycles. The molecule has 1 amide bonds. The second-order valence-electron chi connectivity index (χ2n) is 6.07. The molecule has 0 saturated carbocycles. The van der Waals surface area contributed by atoms with Gasteiger partial charge in [0.1, 0.15) is 0 Å². The van der Waals surface area contributed by atoms with Crippen molar-refractivity contribution in [1.82, 2.24) is 0 Å². The SMILES string of the molecule is N#Cc1cccc(C2=Nc3ccc(-c4ccccc4)cc3NC(=O)C2)c1. The zero-order valence-corrected chi connectivity index (χ0v) is 13.9. The molecule has 0 bridgehead atoms. The third kappa shape index (κ3) is 3.11. The van der Waals surface area contributed by atoms with Crippen molar-refractivity contribution in [3.63, 3.8) is 0 Å². The van der Waals surface area contributed by atoms with Crippen molar-refractivity contribution in [2.75, 3.05) is 5.32 Å². The van der Waals surface area contributed by atoms with Crippen molar-refractivity contribution < 1.29 is 4.79 Å². The highest BCUT2D eigenvalue weighted by Gasteiger charge is 2.18. The van der Waals surface area contributed by atoms with E-state index in [0.717, 1.165) is 16.7 Å². The number of nitrogens with zero attached hydrogens (tertiary/aromatic N) is 2. The Bertz CT molecular complexity index is 1060. The van der Waals surface area contributed by atoms with Crippen LogP contribution in [0, 0.1) is 11.3 Å². The average molecular weight is 337 g/mol. The summed E-state index contributed by atoms with van der Waals surface area (Å²) < 4.78 is 0. The molecule has 3 aromatic carbocycles. The van der Waals surface area contributed by atoms with E-state index in [1.54, 1.807) is 18.2 Å². The van der Waals surface area contributed by atoms with Crippen LogP contribution in [-0.2, 0) is 4.79 Å². The number of anilines is 1. The molecule has 4 rings (SSSR count). The highest BCUT2D eigenvalue weighted by molar-refractivity contribution is 6.17. The summed E-state index contributed by atoms with van der Waals surface area (Å²) in [6, 6.07) is 25.2. The molecule has 0 radical (unpaired) electrons. The van der Waals surface area contributed by atoms with E-state index in [-0.39, 0.29) is 12.3 Å². The van der Waals surface area contributed by atoms with Crippen LogP contribution in [0.25, 0.3) is 11.1 Å². The van der Waals surface area contributed by atoms with E-state index in [9.17, 15) is 4.79 Å². The van der Waals surface area contributed by atoms with Crippen molar-refractivity contribution in [2.45, 2.75) is 6.42 Å². The van der Waals surface area contributed by atoms with E-state index in [2.05, 4.69) is 11.4 Å². The van der Waals surface area contributed by atoms with Crippen molar-refractivity contribution in [3.8, 4) is 17.2 Å². The minimum absolute atomic E-state index is 0.116. The van der Waals surface area contributed by atoms with Gasteiger partial charge in [-0.05, 0) is 41.0 Å². The van der Waals surface area contributed by atoms with Crippen molar-refractivity contribution in [1.29, 1.82) is 5.26 Å². The summed E-state index contributed by atoms with van der Waals surface area (Å²) in [5.74, 6) is -0.116. The molecular formula is C22H15N3O. The fourth-order valence-corrected chi connectivity index (χ4v) is 3.01. The number of carbonyl (C=O) groups is 1. The molecule has 1 aliphatic rings. The van der Waals surface area contributed by atoms with Crippen molar-refractivity contribution >= 4 is 23.0 Å². The molecule has 3 aromatic rings. The summed E-state index contributed by atoms with van der Waals surface area (Å²) in [5, 5.41) is 12.0. The predicted molar refractivity (Wildman–Crippen MR) is 102 cm³/mol. The normalized spacial score (nSPS) is 13.0. The highest BCUT2D eigenvalue weighted by Crippen LogP contribution is 2.33. The maximum atomic E-state index is 12.4. The topological polar surface area (TPSA) is 65.2 Å². The lowest BCUT2D eigenvalue weighted by Crippen LogP contribution is -2.15. The van der Waals surface area contributed by atoms with Crippen LogP contribution in [0.1, 0.15) is 17.5 Å². The first kappa shape index (κ1) is 15.8. The quantitative estimate of drug-likeness (QED) is 0.737. The first-order valence-electron chi connectivity index (χ1n) is 8.30. The third-order valence-electron chi connectivity index (χ3n) is 4.29. The van der Waals surface area contributed by atoms with Gasteiger partial charge in [-0.25, -0.2) is 0 Å². The molecule has 1 heterocycles. The Morgan fingerprint density at radius 2 is 1.69 bits per heavy atom. The standard InChI is InChI=1S/C22H15N3O/c23-14-15-5-4-8-18(11-15)20-13-22(26)25-21-12-17(9-10-19(21)24-20)16-6-2-1-3-7-16/h1-12H,13H2,(H,25,26). The van der Waals surface area contributed by atoms with Gasteiger partial charge in [0.05, 0.1) is 35.1 Å². The lowest BCUT2D eigenvalue weighted by molar-refractivity contribution is -0.115. The van der Waals surface area contributed by atoms with Crippen molar-refractivity contribution in [3.05, 3.63) is 83.9 Å². The Morgan fingerprint density at radius 1 is 0.885 bits per heavy atom. The maximum absolute atomic E-state index is 12.4. The summed E-state index contributed by atoms with van der Waals surface area (Å²) in [6.07, 6.45) is 0.171. The number of nitriles is 1. The number of benzene rings is 3. The average Bonchev–Trinajstić information content (AvgIpc) is 2.86. The summed E-state index contributed by atoms with van der Waals surface area (Å²) in [7, 11) is 0. The third-order valence-corrected chi connectivity index (χ3v) is 4.29. The van der Waals surface area contributed by atoms with E-state index in [1.165, 1.54) is 0 Å². The number of hydrogen-bond donors (Lipinski definition) is 1. The van der Waals surface area contributed by atoms with Gasteiger partial charge >= 0.3 is 0 Å². The van der Waals surface area contributed by atoms with Gasteiger partial charge in [0.15, 0.2) is 0 Å². The number of hydrogen-bond acceptors (Lipinski definition) is 3. The minimum atomic E-state index is -0.116. The van der Waals surface area contributed by atoms with Crippen LogP contribution < -0.4 is 5.32 Å². The van der Waals surface area contributed by atoms with Gasteiger partial charge in [-0.2, -0.15) is 5.26 Å². The van der Waals surface area contributed by atoms with Crippen LogP contribution in [0.3, 0.4) is 0 Å². The van der Waals surface area contributed by atoms with Gasteiger partial charge in [-0.3, -0.25) is 9.79 Å². The lowest BCUT2D eigenvalue weighted by atomic mass is 10.0. The summed E-state index contributed by atoms with van der Waals surface area (Å²) in [5.41, 5.74) is 5.52. The minimum Gasteiger partial charge on any atom is -0.324 e. The molecule has 1 N–H and O–H groups in total. The van der Waals surface area contributed by atoms with Gasteiger partial charge < -0.3 is 5.32 Å². The fourth-order valence-electron chi connectivity index (χ4n) is 3.01. The molecule has 0 aliphatic carbocycles. The van der Waals surface area contributed by atoms with E-state index < -0.39 is 0 Å². The number of nitrogens with one attached hydrogen (secondary N) is 1. The first-order valence-corrected chi connectivity index (χ1v) is 8.30. The van der Waals surface area contributed by atoms with Gasteiger partial charge in [-0.1, -0.05) is 48.5 Å². The van der Waals surface area contributed by atoms with Crippen LogP contribution in [-0.4, -0.2) is 11.6 Å². The smallest absolute Gasteiger partial charge is 0.230 e. The molecule has 124 valence electrons. The Hall–Kier alpha value is -3.71. The summed E-state index contributed by atoms with van der Waals surface area (Å²) in [4.78, 5) is 17.1. The Kier molecular flexibility index (Phi) is 4.04. The zero-order chi connectivity index (χ0) is 17.9. The van der Waals surface area contributed by atoms with E-state index in [0.29, 0.717) is 22.6 Å². The number of rotatable bonds is 2. The van der Waals surface area contributed by atoms with Crippen LogP contribution >= 0.6 is 0 Å². The zero-order valence-electron chi connectivity index (χ0n) is 13.9. The van der Waals surface area contributed by atoms with E-state index in [4.69, 9.17) is 10.3 Å². The van der Waals surface area contributed by atoms with Crippen LogP contribution in [0.4, 0.5) is 11.4 Å². The van der Waals surface area contributed by atoms with Crippen LogP contribution in [0.2, 0.25) is 0 Å². The summed E-state index contributed by atoms with van der Waals surface area (Å²) >= 11 is 0. The predicted octanol–water partition coefficient (Wildman–Crippen LogP) is 4.69. The molecular weight excluding hydrogens is 322 g/mol. The maximum Gasteiger partial charge on any atom is 0.230 e. The molecule has 0 aromatic heterocycles. The first-order chi connectivity index (χ1) is 12.7. The molecule has 0 unspecified atom stereocenters. The lowest BCUT2D eigenvalue weighted by Gasteiger charge is -2.08. The van der Waals surface area contributed by atoms with Gasteiger partial charge in [-0.15, -0.1) is 0 Å². The van der Waals surface area contributed by atoms with E-state index in [1.807, 2.05) is 54.6 Å². The number of fused-ring (bicyclic) bond motifs is 1. The number of amides is 1. The Balaban J connectivity index is 1.78. The number of carbonyl (C=O) groups excluding carboxylic acids is 1. The fraction of sp³-hybridized carbons (Fsp3) is 0.0455. The van der Waals surface area contributed by atoms with Crippen LogP contribution in [0.5, 0.6) is 0 Å². The van der Waals surface area contributed by atoms with E-state index >= 15 is 0 Å². The molecule has 0 fully saturated rings. The molecule has 4 heteroatoms. The molecule has 26 heavy (non-hydrogen) atoms. The van der Waals surface area contributed by atoms with Gasteiger partial charge in [0.25, 0.3) is 0 Å². The van der Waals surface area contributed by atoms with Gasteiger partial charge in [0.2, 0.25) is 5.91 Å². The second-order valence-corrected chi connectivity index (χ2v) is 6.07.